The van der Waals surface area contributed by atoms with Crippen molar-refractivity contribution in [3.05, 3.63) is 112 Å². The van der Waals surface area contributed by atoms with Crippen LogP contribution < -0.4 is 0 Å². The van der Waals surface area contributed by atoms with Crippen molar-refractivity contribution in [3.8, 4) is 0 Å². The molecule has 0 radical (unpaired) electrons. The second kappa shape index (κ2) is 5.05. The van der Waals surface area contributed by atoms with Gasteiger partial charge in [-0.25, -0.2) is 17.6 Å². The van der Waals surface area contributed by atoms with Crippen LogP contribution in [0.5, 0.6) is 0 Å². The number of alkyl halides is 2. The Labute approximate surface area is 191 Å². The van der Waals surface area contributed by atoms with E-state index in [1.54, 1.807) is 30.3 Å². The van der Waals surface area contributed by atoms with Crippen LogP contribution in [0, 0.1) is 11.6 Å². The van der Waals surface area contributed by atoms with Crippen LogP contribution in [0.25, 0.3) is 38.4 Å². The summed E-state index contributed by atoms with van der Waals surface area (Å²) in [6.07, 6.45) is 0.948. The molecule has 0 aliphatic heterocycles. The normalized spacial score (nSPS) is 28.7. The third-order valence-corrected chi connectivity index (χ3v) is 8.92. The van der Waals surface area contributed by atoms with Gasteiger partial charge in [-0.2, -0.15) is 0 Å². The van der Waals surface area contributed by atoms with Gasteiger partial charge in [-0.3, -0.25) is 0 Å². The average molecular weight is 450 g/mol. The van der Waals surface area contributed by atoms with Crippen LogP contribution in [-0.2, 0) is 5.41 Å². The number of halogens is 4. The fraction of sp³-hybridized carbons (Fsp3) is 0.133. The van der Waals surface area contributed by atoms with Crippen LogP contribution in [0.3, 0.4) is 0 Å². The third-order valence-electron chi connectivity index (χ3n) is 8.92. The summed E-state index contributed by atoms with van der Waals surface area (Å²) < 4.78 is 65.4. The van der Waals surface area contributed by atoms with E-state index in [9.17, 15) is 0 Å². The zero-order chi connectivity index (χ0) is 22.7. The van der Waals surface area contributed by atoms with Gasteiger partial charge in [-0.15, -0.1) is 0 Å². The Morgan fingerprint density at radius 2 is 1.47 bits per heavy atom. The average Bonchev–Trinajstić information content (AvgIpc) is 2.87. The Balaban J connectivity index is 1.75. The number of hydrogen-bond acceptors (Lipinski definition) is 0. The summed E-state index contributed by atoms with van der Waals surface area (Å²) in [4.78, 5) is 0. The van der Waals surface area contributed by atoms with Gasteiger partial charge in [0.15, 0.2) is 23.5 Å². The van der Waals surface area contributed by atoms with Crippen LogP contribution in [0.2, 0.25) is 0 Å². The molecule has 5 aliphatic carbocycles. The lowest BCUT2D eigenvalue weighted by Crippen LogP contribution is -2.65. The molecule has 0 nitrogen and oxygen atoms in total. The molecule has 0 heterocycles. The Bertz CT molecular complexity index is 1880. The zero-order valence-electron chi connectivity index (χ0n) is 17.6. The summed E-state index contributed by atoms with van der Waals surface area (Å²) >= 11 is 0. The summed E-state index contributed by atoms with van der Waals surface area (Å²) in [7, 11) is 0. The molecule has 0 amide bonds. The molecule has 0 N–H and O–H groups in total. The Morgan fingerprint density at radius 1 is 0.735 bits per heavy atom. The zero-order valence-corrected chi connectivity index (χ0v) is 17.6. The lowest BCUT2D eigenvalue weighted by Gasteiger charge is -2.61. The molecule has 4 unspecified atom stereocenters. The van der Waals surface area contributed by atoms with Crippen molar-refractivity contribution < 1.29 is 17.6 Å². The van der Waals surface area contributed by atoms with E-state index in [4.69, 9.17) is 0 Å². The molecule has 0 fully saturated rings. The van der Waals surface area contributed by atoms with Gasteiger partial charge in [0.05, 0.1) is 5.41 Å². The van der Waals surface area contributed by atoms with E-state index in [0.29, 0.717) is 27.6 Å². The number of rotatable bonds is 0. The largest absolute Gasteiger partial charge is 0.242 e. The molecule has 0 saturated heterocycles. The van der Waals surface area contributed by atoms with Crippen LogP contribution >= 0.6 is 0 Å². The SMILES string of the molecule is Fc1c2c3c4c(ccc5ccc6ccc7c(c6c54)C34c3ccccc3C2C(F)C4(F)C=C7)c1F. The van der Waals surface area contributed by atoms with Crippen LogP contribution in [-0.4, -0.2) is 11.8 Å². The van der Waals surface area contributed by atoms with Gasteiger partial charge in [0, 0.05) is 16.9 Å². The van der Waals surface area contributed by atoms with E-state index in [-0.39, 0.29) is 10.9 Å². The maximum absolute atomic E-state index is 17.5. The van der Waals surface area contributed by atoms with Gasteiger partial charge >= 0.3 is 0 Å². The summed E-state index contributed by atoms with van der Waals surface area (Å²) in [6, 6.07) is 18.4. The molecule has 5 aromatic carbocycles. The standard InChI is InChI=1S/C30H14F4/c31-26-17-10-9-13-5-6-14-7-8-15-11-12-29(34)28(33)22-16-3-1-2-4-18(16)30(29)24(15)20(14)19(13)21(17)25(30)23(22)27(26)32/h1-12,22,28H. The first-order valence-corrected chi connectivity index (χ1v) is 11.5. The minimum atomic E-state index is -2.42. The molecular weight excluding hydrogens is 436 g/mol. The monoisotopic (exact) mass is 450 g/mol. The third kappa shape index (κ3) is 1.44. The molecule has 10 rings (SSSR count). The lowest BCUT2D eigenvalue weighted by atomic mass is 9.42. The predicted molar refractivity (Wildman–Crippen MR) is 125 cm³/mol. The van der Waals surface area contributed by atoms with E-state index in [1.165, 1.54) is 6.08 Å². The number of allylic oxidation sites excluding steroid dienone is 1. The first-order valence-electron chi connectivity index (χ1n) is 11.5. The Morgan fingerprint density at radius 3 is 2.32 bits per heavy atom. The Hall–Kier alpha value is -3.66. The van der Waals surface area contributed by atoms with Gasteiger partial charge in [-0.05, 0) is 60.8 Å². The molecule has 34 heavy (non-hydrogen) atoms. The summed E-state index contributed by atoms with van der Waals surface area (Å²) in [5.74, 6) is -3.27. The highest BCUT2D eigenvalue weighted by Crippen LogP contribution is 2.71. The van der Waals surface area contributed by atoms with Crippen molar-refractivity contribution in [3.63, 3.8) is 0 Å². The molecule has 162 valence electrons. The highest BCUT2D eigenvalue weighted by Gasteiger charge is 2.72. The van der Waals surface area contributed by atoms with Crippen LogP contribution in [0.15, 0.2) is 66.7 Å². The quantitative estimate of drug-likeness (QED) is 0.168. The van der Waals surface area contributed by atoms with Gasteiger partial charge in [0.25, 0.3) is 0 Å². The minimum Gasteiger partial charge on any atom is -0.242 e. The molecule has 5 aliphatic rings. The lowest BCUT2D eigenvalue weighted by molar-refractivity contribution is 0.0137. The summed E-state index contributed by atoms with van der Waals surface area (Å²) in [5, 5.41) is 4.00. The number of hydrogen-bond donors (Lipinski definition) is 0. The van der Waals surface area contributed by atoms with Gasteiger partial charge in [-0.1, -0.05) is 66.7 Å². The first kappa shape index (κ1) is 17.8. The van der Waals surface area contributed by atoms with E-state index in [2.05, 4.69) is 0 Å². The van der Waals surface area contributed by atoms with Gasteiger partial charge in [0.2, 0.25) is 0 Å². The fourth-order valence-corrected chi connectivity index (χ4v) is 7.83. The molecule has 4 atom stereocenters. The van der Waals surface area contributed by atoms with E-state index in [0.717, 1.165) is 27.1 Å². The maximum Gasteiger partial charge on any atom is 0.179 e. The summed E-state index contributed by atoms with van der Waals surface area (Å²) in [6.45, 7) is 0. The van der Waals surface area contributed by atoms with Crippen molar-refractivity contribution in [2.45, 2.75) is 23.2 Å². The highest BCUT2D eigenvalue weighted by atomic mass is 19.2. The first-order chi connectivity index (χ1) is 16.5. The van der Waals surface area contributed by atoms with Crippen molar-refractivity contribution in [2.24, 2.45) is 0 Å². The highest BCUT2D eigenvalue weighted by molar-refractivity contribution is 6.26. The molecule has 5 aromatic rings. The number of benzene rings is 5. The smallest absolute Gasteiger partial charge is 0.179 e. The van der Waals surface area contributed by atoms with Crippen molar-refractivity contribution in [1.29, 1.82) is 0 Å². The maximum atomic E-state index is 17.5. The van der Waals surface area contributed by atoms with Gasteiger partial charge in [0.1, 0.15) is 0 Å². The van der Waals surface area contributed by atoms with Crippen molar-refractivity contribution in [1.82, 2.24) is 0 Å². The molecular formula is C30H14F4. The molecule has 1 spiro atoms. The van der Waals surface area contributed by atoms with Gasteiger partial charge < -0.3 is 0 Å². The van der Waals surface area contributed by atoms with E-state index >= 15 is 17.6 Å². The fourth-order valence-electron chi connectivity index (χ4n) is 7.83. The predicted octanol–water partition coefficient (Wildman–Crippen LogP) is 7.60. The van der Waals surface area contributed by atoms with Crippen LogP contribution in [0.1, 0.15) is 39.3 Å². The summed E-state index contributed by atoms with van der Waals surface area (Å²) in [5.41, 5.74) is -0.984. The minimum absolute atomic E-state index is 0.0234. The van der Waals surface area contributed by atoms with Crippen molar-refractivity contribution >= 4 is 38.4 Å². The molecule has 0 saturated carbocycles. The molecule has 0 aromatic heterocycles. The van der Waals surface area contributed by atoms with E-state index in [1.807, 2.05) is 36.4 Å². The second-order valence-corrected chi connectivity index (χ2v) is 10.0. The second-order valence-electron chi connectivity index (χ2n) is 10.0. The topological polar surface area (TPSA) is 0 Å². The van der Waals surface area contributed by atoms with Crippen molar-refractivity contribution in [2.75, 3.05) is 0 Å². The molecule has 2 bridgehead atoms. The van der Waals surface area contributed by atoms with Crippen LogP contribution in [0.4, 0.5) is 17.6 Å². The van der Waals surface area contributed by atoms with E-state index < -0.39 is 34.8 Å². The Kier molecular flexibility index (Phi) is 2.64. The molecule has 4 heteroatoms.